The molecule has 27 heavy (non-hydrogen) atoms. The van der Waals surface area contributed by atoms with Gasteiger partial charge in [-0.2, -0.15) is 0 Å². The molecule has 0 aliphatic carbocycles. The molecule has 0 atom stereocenters. The Kier molecular flexibility index (Phi) is 3.79. The van der Waals surface area contributed by atoms with Gasteiger partial charge in [-0.3, -0.25) is 4.98 Å². The Morgan fingerprint density at radius 3 is 2.56 bits per heavy atom. The van der Waals surface area contributed by atoms with Gasteiger partial charge in [-0.1, -0.05) is 12.1 Å². The monoisotopic (exact) mass is 358 g/mol. The van der Waals surface area contributed by atoms with Gasteiger partial charge in [0.15, 0.2) is 0 Å². The van der Waals surface area contributed by atoms with Crippen LogP contribution in [0.15, 0.2) is 47.6 Å². The van der Waals surface area contributed by atoms with Crippen LogP contribution in [0.1, 0.15) is 5.56 Å². The first-order valence-electron chi connectivity index (χ1n) is 9.32. The highest BCUT2D eigenvalue weighted by Gasteiger charge is 2.17. The number of anilines is 1. The smallest absolute Gasteiger partial charge is 0.147 e. The molecular weight excluding hydrogens is 336 g/mol. The summed E-state index contributed by atoms with van der Waals surface area (Å²) in [5, 5.41) is 0. The minimum absolute atomic E-state index is 0.684. The summed E-state index contributed by atoms with van der Waals surface area (Å²) < 4.78 is 0. The van der Waals surface area contributed by atoms with E-state index in [1.807, 2.05) is 18.3 Å². The van der Waals surface area contributed by atoms with E-state index in [-0.39, 0.29) is 0 Å². The molecule has 0 bridgehead atoms. The van der Waals surface area contributed by atoms with Crippen molar-refractivity contribution in [2.75, 3.05) is 38.1 Å². The highest BCUT2D eigenvalue weighted by Crippen LogP contribution is 2.31. The second kappa shape index (κ2) is 6.32. The van der Waals surface area contributed by atoms with Crippen LogP contribution in [-0.2, 0) is 6.42 Å². The maximum Gasteiger partial charge on any atom is 0.147 e. The van der Waals surface area contributed by atoms with Gasteiger partial charge in [0.05, 0.1) is 22.9 Å². The van der Waals surface area contributed by atoms with E-state index in [2.05, 4.69) is 51.1 Å². The minimum atomic E-state index is 0.684. The lowest BCUT2D eigenvalue weighted by atomic mass is 10.0. The van der Waals surface area contributed by atoms with Crippen LogP contribution < -0.4 is 10.6 Å². The van der Waals surface area contributed by atoms with Crippen molar-refractivity contribution >= 4 is 28.4 Å². The van der Waals surface area contributed by atoms with Gasteiger partial charge in [0.2, 0.25) is 0 Å². The fourth-order valence-corrected chi connectivity index (χ4v) is 3.77. The number of aromatic nitrogens is 2. The van der Waals surface area contributed by atoms with Gasteiger partial charge in [0, 0.05) is 32.6 Å². The van der Waals surface area contributed by atoms with E-state index in [1.54, 1.807) is 0 Å². The van der Waals surface area contributed by atoms with Crippen molar-refractivity contribution in [3.63, 3.8) is 0 Å². The van der Waals surface area contributed by atoms with Crippen molar-refractivity contribution < 1.29 is 0 Å². The lowest BCUT2D eigenvalue weighted by molar-refractivity contribution is 0.312. The van der Waals surface area contributed by atoms with Crippen molar-refractivity contribution in [2.45, 2.75) is 6.42 Å². The third-order valence-electron chi connectivity index (χ3n) is 5.41. The molecule has 3 aromatic rings. The zero-order valence-corrected chi connectivity index (χ0v) is 15.4. The van der Waals surface area contributed by atoms with E-state index >= 15 is 0 Å². The second-order valence-electron chi connectivity index (χ2n) is 7.35. The fourth-order valence-electron chi connectivity index (χ4n) is 3.77. The molecular formula is C21H22N6. The lowest BCUT2D eigenvalue weighted by Crippen LogP contribution is -2.44. The van der Waals surface area contributed by atoms with Gasteiger partial charge in [0.25, 0.3) is 0 Å². The number of fused-ring (bicyclic) bond motifs is 2. The van der Waals surface area contributed by atoms with Crippen molar-refractivity contribution in [1.29, 1.82) is 0 Å². The van der Waals surface area contributed by atoms with Crippen LogP contribution in [0.2, 0.25) is 0 Å². The molecule has 0 amide bonds. The third-order valence-corrected chi connectivity index (χ3v) is 5.41. The van der Waals surface area contributed by atoms with Crippen LogP contribution in [0.5, 0.6) is 0 Å². The molecule has 5 rings (SSSR count). The maximum atomic E-state index is 5.87. The van der Waals surface area contributed by atoms with Crippen molar-refractivity contribution in [2.24, 2.45) is 10.7 Å². The first-order chi connectivity index (χ1) is 13.2. The van der Waals surface area contributed by atoms with Crippen molar-refractivity contribution in [3.8, 4) is 11.1 Å². The van der Waals surface area contributed by atoms with Crippen LogP contribution in [-0.4, -0.2) is 53.9 Å². The molecule has 1 saturated heterocycles. The Morgan fingerprint density at radius 2 is 1.70 bits per heavy atom. The maximum absolute atomic E-state index is 5.87. The number of piperazine rings is 1. The zero-order chi connectivity index (χ0) is 18.4. The van der Waals surface area contributed by atoms with Gasteiger partial charge < -0.3 is 15.5 Å². The molecule has 2 aromatic carbocycles. The van der Waals surface area contributed by atoms with E-state index < -0.39 is 0 Å². The van der Waals surface area contributed by atoms with E-state index in [1.165, 1.54) is 5.56 Å². The summed E-state index contributed by atoms with van der Waals surface area (Å²) in [5.74, 6) is 1.64. The highest BCUT2D eigenvalue weighted by atomic mass is 15.3. The largest absolute Gasteiger partial charge is 0.387 e. The van der Waals surface area contributed by atoms with Crippen LogP contribution in [0.3, 0.4) is 0 Å². The summed E-state index contributed by atoms with van der Waals surface area (Å²) >= 11 is 0. The molecule has 0 radical (unpaired) electrons. The van der Waals surface area contributed by atoms with Gasteiger partial charge in [0.1, 0.15) is 11.7 Å². The molecule has 0 saturated carbocycles. The van der Waals surface area contributed by atoms with Gasteiger partial charge in [-0.25, -0.2) is 9.98 Å². The number of benzene rings is 2. The number of rotatable bonds is 2. The number of likely N-dealkylation sites (N-methyl/N-ethyl adjacent to an activating group) is 1. The second-order valence-corrected chi connectivity index (χ2v) is 7.35. The SMILES string of the molecule is CN1CCN(c2cnc3ccc(-c4ccc5c(c4)CC(N)=N5)cc3n2)CC1. The number of hydrogen-bond donors (Lipinski definition) is 1. The quantitative estimate of drug-likeness (QED) is 0.762. The first kappa shape index (κ1) is 16.2. The Morgan fingerprint density at radius 1 is 0.926 bits per heavy atom. The van der Waals surface area contributed by atoms with Crippen LogP contribution in [0.4, 0.5) is 11.5 Å². The molecule has 6 nitrogen and oxygen atoms in total. The number of nitrogens with two attached hydrogens (primary N) is 1. The van der Waals surface area contributed by atoms with Crippen LogP contribution in [0, 0.1) is 0 Å². The van der Waals surface area contributed by atoms with Crippen LogP contribution in [0.25, 0.3) is 22.2 Å². The fraction of sp³-hybridized carbons (Fsp3) is 0.286. The Labute approximate surface area is 158 Å². The number of aliphatic imine (C=N–C) groups is 1. The van der Waals surface area contributed by atoms with Crippen molar-refractivity contribution in [1.82, 2.24) is 14.9 Å². The van der Waals surface area contributed by atoms with Gasteiger partial charge in [-0.15, -0.1) is 0 Å². The van der Waals surface area contributed by atoms with E-state index in [9.17, 15) is 0 Å². The Balaban J connectivity index is 1.49. The molecule has 2 aliphatic heterocycles. The molecule has 1 aromatic heterocycles. The number of hydrogen-bond acceptors (Lipinski definition) is 6. The van der Waals surface area contributed by atoms with E-state index in [0.717, 1.165) is 66.3 Å². The standard InChI is InChI=1S/C21H22N6/c1-26-6-8-27(9-7-26)21-13-23-18-5-3-15(11-19(18)25-21)14-2-4-17-16(10-14)12-20(22)24-17/h2-5,10-11,13H,6-9,12H2,1H3,(H2,22,24). The molecule has 2 aliphatic rings. The predicted octanol–water partition coefficient (Wildman–Crippen LogP) is 2.59. The predicted molar refractivity (Wildman–Crippen MR) is 110 cm³/mol. The van der Waals surface area contributed by atoms with Gasteiger partial charge >= 0.3 is 0 Å². The topological polar surface area (TPSA) is 70.6 Å². The summed E-state index contributed by atoms with van der Waals surface area (Å²) in [7, 11) is 2.16. The average Bonchev–Trinajstić information content (AvgIpc) is 3.07. The molecule has 0 unspecified atom stereocenters. The molecule has 0 spiro atoms. The molecule has 6 heteroatoms. The molecule has 3 heterocycles. The lowest BCUT2D eigenvalue weighted by Gasteiger charge is -2.33. The summed E-state index contributed by atoms with van der Waals surface area (Å²) in [5.41, 5.74) is 12.2. The summed E-state index contributed by atoms with van der Waals surface area (Å²) in [4.78, 5) is 18.5. The summed E-state index contributed by atoms with van der Waals surface area (Å²) in [6.07, 6.45) is 2.62. The summed E-state index contributed by atoms with van der Waals surface area (Å²) in [6, 6.07) is 12.6. The first-order valence-corrected chi connectivity index (χ1v) is 9.32. The Bertz CT molecular complexity index is 1050. The Hall–Kier alpha value is -2.99. The highest BCUT2D eigenvalue weighted by molar-refractivity contribution is 5.92. The number of amidine groups is 1. The van der Waals surface area contributed by atoms with E-state index in [0.29, 0.717) is 5.84 Å². The van der Waals surface area contributed by atoms with Gasteiger partial charge in [-0.05, 0) is 48.0 Å². The third kappa shape index (κ3) is 3.02. The summed E-state index contributed by atoms with van der Waals surface area (Å²) in [6.45, 7) is 4.09. The van der Waals surface area contributed by atoms with Crippen LogP contribution >= 0.6 is 0 Å². The van der Waals surface area contributed by atoms with E-state index in [4.69, 9.17) is 10.7 Å². The zero-order valence-electron chi connectivity index (χ0n) is 15.4. The number of nitrogens with zero attached hydrogens (tertiary/aromatic N) is 5. The minimum Gasteiger partial charge on any atom is -0.387 e. The molecule has 1 fully saturated rings. The average molecular weight is 358 g/mol. The normalized spacial score (nSPS) is 17.2. The van der Waals surface area contributed by atoms with Crippen molar-refractivity contribution in [3.05, 3.63) is 48.2 Å². The molecule has 136 valence electrons. The molecule has 2 N–H and O–H groups in total.